The molecule has 6 heavy (non-hydrogen) atoms. The van der Waals surface area contributed by atoms with Crippen LogP contribution in [0, 0.1) is 11.7 Å². The van der Waals surface area contributed by atoms with E-state index in [1.165, 1.54) is 5.25 Å². The summed E-state index contributed by atoms with van der Waals surface area (Å²) in [5.74, 6) is 0. The van der Waals surface area contributed by atoms with Gasteiger partial charge in [0.15, 0.2) is 0 Å². The van der Waals surface area contributed by atoms with E-state index in [1.54, 1.807) is 0 Å². The zero-order valence-corrected chi connectivity index (χ0v) is 4.12. The Hall–Kier alpha value is 0.267. The molecule has 0 aliphatic carbocycles. The number of hydrogen-bond acceptors (Lipinski definition) is 2. The van der Waals surface area contributed by atoms with Gasteiger partial charge in [0.2, 0.25) is 0 Å². The van der Waals surface area contributed by atoms with Crippen molar-refractivity contribution in [1.29, 1.82) is 0 Å². The van der Waals surface area contributed by atoms with E-state index in [0.29, 0.717) is 0 Å². The summed E-state index contributed by atoms with van der Waals surface area (Å²) in [5, 5.41) is 1.44. The Bertz CT molecular complexity index is 84.0. The third kappa shape index (κ3) is 8.86. The van der Waals surface area contributed by atoms with Crippen molar-refractivity contribution in [1.82, 2.24) is 0 Å². The third-order valence-electron chi connectivity index (χ3n) is 0.0962. The molecule has 1 unspecified atom stereocenters. The fraction of sp³-hybridized carbons (Fsp3) is 0. The minimum Gasteiger partial charge on any atom is -0.762 e. The van der Waals surface area contributed by atoms with Gasteiger partial charge in [0, 0.05) is 11.1 Å². The molecule has 0 aliphatic heterocycles. The first-order valence-electron chi connectivity index (χ1n) is 0.826. The van der Waals surface area contributed by atoms with Gasteiger partial charge in [-0.15, -0.1) is 6.42 Å². The van der Waals surface area contributed by atoms with E-state index in [1.807, 2.05) is 0 Å². The van der Waals surface area contributed by atoms with E-state index in [2.05, 4.69) is 6.42 Å². The molecule has 0 radical (unpaired) electrons. The van der Waals surface area contributed by atoms with Crippen LogP contribution in [0.1, 0.15) is 0 Å². The number of terminal acetylenes is 1. The molecule has 1 atom stereocenters. The molecule has 0 spiro atoms. The minimum absolute atomic E-state index is 0. The normalized spacial score (nSPS) is 10.7. The van der Waals surface area contributed by atoms with Gasteiger partial charge in [0.05, 0.1) is 0 Å². The Kier molecular flexibility index (Phi) is 8.38. The summed E-state index contributed by atoms with van der Waals surface area (Å²) in [6, 6.07) is 0. The molecule has 0 fully saturated rings. The Balaban J connectivity index is 0. The summed E-state index contributed by atoms with van der Waals surface area (Å²) < 4.78 is 18.3. The van der Waals surface area contributed by atoms with Gasteiger partial charge >= 0.3 is 18.9 Å². The topological polar surface area (TPSA) is 40.1 Å². The molecular formula is C2HLiO2S. The first-order chi connectivity index (χ1) is 2.27. The molecule has 0 aliphatic rings. The second-order valence-electron chi connectivity index (χ2n) is 0.353. The van der Waals surface area contributed by atoms with Crippen molar-refractivity contribution < 1.29 is 27.6 Å². The van der Waals surface area contributed by atoms with Crippen LogP contribution in [0.25, 0.3) is 0 Å². The van der Waals surface area contributed by atoms with Crippen molar-refractivity contribution in [2.75, 3.05) is 0 Å². The van der Waals surface area contributed by atoms with Crippen LogP contribution in [0.5, 0.6) is 0 Å². The summed E-state index contributed by atoms with van der Waals surface area (Å²) in [6.45, 7) is 0. The largest absolute Gasteiger partial charge is 1.00 e. The predicted octanol–water partition coefficient (Wildman–Crippen LogP) is -3.54. The van der Waals surface area contributed by atoms with Gasteiger partial charge in [-0.2, -0.15) is 0 Å². The third-order valence-corrected chi connectivity index (χ3v) is 0.289. The summed E-state index contributed by atoms with van der Waals surface area (Å²) in [5.41, 5.74) is 0. The summed E-state index contributed by atoms with van der Waals surface area (Å²) in [6.07, 6.45) is 4.31. The van der Waals surface area contributed by atoms with E-state index in [0.717, 1.165) is 0 Å². The van der Waals surface area contributed by atoms with Crippen molar-refractivity contribution in [3.8, 4) is 11.7 Å². The van der Waals surface area contributed by atoms with Crippen molar-refractivity contribution in [3.05, 3.63) is 0 Å². The van der Waals surface area contributed by atoms with Gasteiger partial charge in [-0.1, -0.05) is 0 Å². The van der Waals surface area contributed by atoms with Crippen LogP contribution in [0.3, 0.4) is 0 Å². The van der Waals surface area contributed by atoms with Crippen LogP contribution in [0.2, 0.25) is 0 Å². The van der Waals surface area contributed by atoms with Crippen molar-refractivity contribution in [2.24, 2.45) is 0 Å². The van der Waals surface area contributed by atoms with E-state index < -0.39 is 11.1 Å². The number of rotatable bonds is 0. The first kappa shape index (κ1) is 9.55. The molecule has 0 rings (SSSR count). The second kappa shape index (κ2) is 5.27. The van der Waals surface area contributed by atoms with Crippen molar-refractivity contribution in [3.63, 3.8) is 0 Å². The van der Waals surface area contributed by atoms with E-state index >= 15 is 0 Å². The van der Waals surface area contributed by atoms with Crippen LogP contribution in [0.15, 0.2) is 0 Å². The van der Waals surface area contributed by atoms with E-state index in [-0.39, 0.29) is 18.9 Å². The maximum Gasteiger partial charge on any atom is 1.00 e. The molecule has 0 aromatic heterocycles. The van der Waals surface area contributed by atoms with Gasteiger partial charge < -0.3 is 4.55 Å². The second-order valence-corrected chi connectivity index (χ2v) is 1.06. The van der Waals surface area contributed by atoms with Crippen LogP contribution < -0.4 is 18.9 Å². The molecule has 0 bridgehead atoms. The quantitative estimate of drug-likeness (QED) is 0.178. The summed E-state index contributed by atoms with van der Waals surface area (Å²) in [7, 11) is 0. The zero-order chi connectivity index (χ0) is 4.28. The fourth-order valence-electron chi connectivity index (χ4n) is 0. The molecule has 0 amide bonds. The van der Waals surface area contributed by atoms with Crippen molar-refractivity contribution in [2.45, 2.75) is 0 Å². The molecule has 0 saturated heterocycles. The molecule has 2 nitrogen and oxygen atoms in total. The first-order valence-corrected chi connectivity index (χ1v) is 1.90. The molecule has 0 N–H and O–H groups in total. The van der Waals surface area contributed by atoms with Crippen LogP contribution >= 0.6 is 0 Å². The predicted molar refractivity (Wildman–Crippen MR) is 17.8 cm³/mol. The Morgan fingerprint density at radius 3 is 2.00 bits per heavy atom. The smallest absolute Gasteiger partial charge is 0.762 e. The molecular weight excluding hydrogens is 95.0 g/mol. The van der Waals surface area contributed by atoms with Gasteiger partial charge in [0.1, 0.15) is 0 Å². The minimum atomic E-state index is -2.29. The van der Waals surface area contributed by atoms with Gasteiger partial charge in [-0.25, -0.2) is 0 Å². The maximum atomic E-state index is 9.13. The van der Waals surface area contributed by atoms with Crippen molar-refractivity contribution >= 4 is 11.1 Å². The van der Waals surface area contributed by atoms with Crippen LogP contribution in [-0.2, 0) is 11.1 Å². The molecule has 0 heterocycles. The monoisotopic (exact) mass is 96.0 g/mol. The standard InChI is InChI=1S/C2H2O2S.Li/c1-2-5(3)4;/h1H,(H,3,4);/q;+1/p-1. The van der Waals surface area contributed by atoms with Gasteiger partial charge in [0.25, 0.3) is 0 Å². The van der Waals surface area contributed by atoms with Crippen LogP contribution in [0.4, 0.5) is 0 Å². The van der Waals surface area contributed by atoms with E-state index in [9.17, 15) is 0 Å². The SMILES string of the molecule is C#CS(=O)[O-].[Li+]. The summed E-state index contributed by atoms with van der Waals surface area (Å²) in [4.78, 5) is 0. The molecule has 0 saturated carbocycles. The summed E-state index contributed by atoms with van der Waals surface area (Å²) >= 11 is -2.29. The molecule has 28 valence electrons. The van der Waals surface area contributed by atoms with Gasteiger partial charge in [-0.3, -0.25) is 4.21 Å². The van der Waals surface area contributed by atoms with Crippen LogP contribution in [-0.4, -0.2) is 8.76 Å². The number of hydrogen-bond donors (Lipinski definition) is 0. The molecule has 0 aromatic rings. The Labute approximate surface area is 50.8 Å². The van der Waals surface area contributed by atoms with E-state index in [4.69, 9.17) is 8.76 Å². The average Bonchev–Trinajstić information content (AvgIpc) is 1.38. The molecule has 4 heteroatoms. The fourth-order valence-corrected chi connectivity index (χ4v) is 0. The van der Waals surface area contributed by atoms with Gasteiger partial charge in [-0.05, 0) is 5.25 Å². The molecule has 0 aromatic carbocycles. The Morgan fingerprint density at radius 1 is 1.83 bits per heavy atom. The average molecular weight is 96.0 g/mol. The Morgan fingerprint density at radius 2 is 2.00 bits per heavy atom. The maximum absolute atomic E-state index is 9.13. The zero-order valence-electron chi connectivity index (χ0n) is 3.30.